The third kappa shape index (κ3) is 6.89. The molecule has 1 unspecified atom stereocenters. The highest BCUT2D eigenvalue weighted by atomic mass is 35.5. The molecule has 49 heavy (non-hydrogen) atoms. The number of morpholine rings is 1. The number of hydrogen-bond donors (Lipinski definition) is 3. The molecule has 1 fully saturated rings. The van der Waals surface area contributed by atoms with Crippen LogP contribution in [0.3, 0.4) is 0 Å². The van der Waals surface area contributed by atoms with Gasteiger partial charge >= 0.3 is 0 Å². The summed E-state index contributed by atoms with van der Waals surface area (Å²) in [6.45, 7) is 3.33. The third-order valence-electron chi connectivity index (χ3n) is 7.89. The molecule has 250 valence electrons. The lowest BCUT2D eigenvalue weighted by Crippen LogP contribution is -2.44. The number of pyridine rings is 1. The van der Waals surface area contributed by atoms with E-state index in [1.807, 2.05) is 6.92 Å². The molecule has 14 nitrogen and oxygen atoms in total. The van der Waals surface area contributed by atoms with Crippen molar-refractivity contribution in [2.45, 2.75) is 32.0 Å². The predicted molar refractivity (Wildman–Crippen MR) is 178 cm³/mol. The number of aromatic nitrogens is 6. The lowest BCUT2D eigenvalue weighted by atomic mass is 9.97. The second kappa shape index (κ2) is 13.7. The zero-order chi connectivity index (χ0) is 34.8. The number of allylic oxidation sites excluding steroid dienone is 2. The molecule has 4 N–H and O–H groups in total. The van der Waals surface area contributed by atoms with Gasteiger partial charge in [0.1, 0.15) is 24.3 Å². The molecular weight excluding hydrogens is 657 g/mol. The Morgan fingerprint density at radius 1 is 1.27 bits per heavy atom. The number of carbonyl (C=O) groups excluding carboxylic acids is 2. The number of aliphatic hydroxyl groups is 1. The molecule has 0 aromatic carbocycles. The maximum atomic E-state index is 14.5. The van der Waals surface area contributed by atoms with Crippen molar-refractivity contribution in [3.63, 3.8) is 0 Å². The van der Waals surface area contributed by atoms with Crippen LogP contribution < -0.4 is 21.5 Å². The number of hydrogen-bond acceptors (Lipinski definition) is 9. The number of nitrogens with two attached hydrogens (primary N) is 1. The standard InChI is InChI=1S/C33H29ClFN9O5/c1-19-17-49-9-8-44(19)27-11-26(24(34)13-37-27)40-28(45)16-43-15-23(21-5-6-25(35)30(46)22(10-21)31(36)47)29-32(43)38-18-42(33(29)48)7-3-4-20-12-39-41(2)14-20/h10-15,18-19,21,46H,7-9,16-17H2,1-2H3,(H2,36,47)(H,37,40,45)/t19-,21?/m0/s1. The molecule has 6 rings (SSSR count). The van der Waals surface area contributed by atoms with Gasteiger partial charge in [0.25, 0.3) is 11.5 Å². The summed E-state index contributed by atoms with van der Waals surface area (Å²) in [5.74, 6) is 6.31. The minimum absolute atomic E-state index is 0.0396. The Morgan fingerprint density at radius 3 is 2.82 bits per heavy atom. The van der Waals surface area contributed by atoms with Crippen molar-refractivity contribution in [2.75, 3.05) is 30.0 Å². The van der Waals surface area contributed by atoms with Gasteiger partial charge in [-0.3, -0.25) is 23.6 Å². The fourth-order valence-corrected chi connectivity index (χ4v) is 5.64. The smallest absolute Gasteiger partial charge is 0.264 e. The number of nitrogens with one attached hydrogen (secondary N) is 1. The van der Waals surface area contributed by atoms with E-state index in [0.29, 0.717) is 36.8 Å². The fourth-order valence-electron chi connectivity index (χ4n) is 5.49. The van der Waals surface area contributed by atoms with Crippen LogP contribution in [0, 0.1) is 23.7 Å². The molecule has 0 spiro atoms. The molecule has 0 radical (unpaired) electrons. The number of primary amides is 1. The molecule has 2 aliphatic rings. The summed E-state index contributed by atoms with van der Waals surface area (Å²) in [6.07, 6.45) is 8.69. The van der Waals surface area contributed by atoms with Crippen molar-refractivity contribution in [3.05, 3.63) is 86.9 Å². The van der Waals surface area contributed by atoms with Crippen molar-refractivity contribution in [2.24, 2.45) is 12.8 Å². The van der Waals surface area contributed by atoms with E-state index in [0.717, 1.165) is 0 Å². The third-order valence-corrected chi connectivity index (χ3v) is 8.19. The van der Waals surface area contributed by atoms with Crippen LogP contribution in [0.15, 0.2) is 65.2 Å². The Kier molecular flexibility index (Phi) is 9.22. The van der Waals surface area contributed by atoms with E-state index in [9.17, 15) is 23.9 Å². The number of anilines is 2. The topological polar surface area (TPSA) is 175 Å². The summed E-state index contributed by atoms with van der Waals surface area (Å²) >= 11 is 6.40. The van der Waals surface area contributed by atoms with Gasteiger partial charge in [-0.1, -0.05) is 29.4 Å². The molecule has 4 aromatic rings. The Labute approximate surface area is 283 Å². The van der Waals surface area contributed by atoms with Gasteiger partial charge in [0, 0.05) is 37.6 Å². The first-order valence-corrected chi connectivity index (χ1v) is 15.4. The number of fused-ring (bicyclic) bond motifs is 1. The summed E-state index contributed by atoms with van der Waals surface area (Å²) in [4.78, 5) is 50.4. The van der Waals surface area contributed by atoms with Gasteiger partial charge in [0.2, 0.25) is 11.7 Å². The van der Waals surface area contributed by atoms with Crippen molar-refractivity contribution < 1.29 is 23.8 Å². The lowest BCUT2D eigenvalue weighted by molar-refractivity contribution is -0.117. The van der Waals surface area contributed by atoms with Crippen LogP contribution in [0.25, 0.3) is 11.0 Å². The molecule has 16 heteroatoms. The van der Waals surface area contributed by atoms with Gasteiger partial charge < -0.3 is 30.4 Å². The SMILES string of the molecule is C[C@H]1COCCN1c1cc(NC(=O)Cn2cc(C3C#CC(F)=C(O)C(C(N)=O)=C3)c3c(=O)n(CC#Cc4cnn(C)c4)cnc32)c(Cl)cn1. The number of aliphatic hydroxyl groups excluding tert-OH is 1. The van der Waals surface area contributed by atoms with Crippen LogP contribution in [0.5, 0.6) is 0 Å². The minimum atomic E-state index is -1.25. The lowest BCUT2D eigenvalue weighted by Gasteiger charge is -2.34. The molecule has 1 saturated heterocycles. The van der Waals surface area contributed by atoms with Gasteiger partial charge in [-0.25, -0.2) is 9.97 Å². The fraction of sp³-hybridized carbons (Fsp3) is 0.273. The van der Waals surface area contributed by atoms with Gasteiger partial charge in [-0.15, -0.1) is 0 Å². The average Bonchev–Trinajstić information content (AvgIpc) is 3.61. The molecule has 1 aliphatic heterocycles. The molecule has 4 aromatic heterocycles. The van der Waals surface area contributed by atoms with Crippen LogP contribution in [-0.2, 0) is 34.5 Å². The number of nitrogens with zero attached hydrogens (tertiary/aromatic N) is 7. The van der Waals surface area contributed by atoms with Crippen molar-refractivity contribution in [1.29, 1.82) is 0 Å². The van der Waals surface area contributed by atoms with Gasteiger partial charge in [0.05, 0.1) is 71.3 Å². The minimum Gasteiger partial charge on any atom is -0.504 e. The normalized spacial score (nSPS) is 17.5. The van der Waals surface area contributed by atoms with Crippen molar-refractivity contribution in [3.8, 4) is 23.7 Å². The van der Waals surface area contributed by atoms with E-state index >= 15 is 0 Å². The first-order valence-electron chi connectivity index (χ1n) is 15.0. The van der Waals surface area contributed by atoms with Gasteiger partial charge in [-0.05, 0) is 18.9 Å². The number of rotatable bonds is 7. The predicted octanol–water partition coefficient (Wildman–Crippen LogP) is 2.15. The summed E-state index contributed by atoms with van der Waals surface area (Å²) in [7, 11) is 1.75. The zero-order valence-corrected chi connectivity index (χ0v) is 27.0. The van der Waals surface area contributed by atoms with E-state index in [2.05, 4.69) is 49.0 Å². The molecule has 2 atom stereocenters. The molecule has 5 heterocycles. The number of halogens is 2. The first-order chi connectivity index (χ1) is 23.5. The van der Waals surface area contributed by atoms with Crippen LogP contribution in [-0.4, -0.2) is 71.6 Å². The first kappa shape index (κ1) is 33.0. The van der Waals surface area contributed by atoms with Gasteiger partial charge in [0.15, 0.2) is 5.76 Å². The molecule has 2 amide bonds. The summed E-state index contributed by atoms with van der Waals surface area (Å²) < 4.78 is 24.3. The molecular formula is C33H29ClFN9O5. The van der Waals surface area contributed by atoms with Crippen LogP contribution >= 0.6 is 11.6 Å². The second-order valence-electron chi connectivity index (χ2n) is 11.3. The molecule has 0 saturated carbocycles. The highest BCUT2D eigenvalue weighted by Gasteiger charge is 2.26. The van der Waals surface area contributed by atoms with Crippen molar-refractivity contribution >= 4 is 46.0 Å². The van der Waals surface area contributed by atoms with Crippen LogP contribution in [0.2, 0.25) is 5.02 Å². The average molecular weight is 686 g/mol. The Bertz CT molecular complexity index is 2250. The highest BCUT2D eigenvalue weighted by molar-refractivity contribution is 6.33. The Hall–Kier alpha value is -5.90. The number of aryl methyl sites for hydroxylation is 1. The van der Waals surface area contributed by atoms with E-state index in [1.165, 1.54) is 33.9 Å². The largest absolute Gasteiger partial charge is 0.504 e. The van der Waals surface area contributed by atoms with Crippen molar-refractivity contribution in [1.82, 2.24) is 28.9 Å². The Balaban J connectivity index is 1.37. The summed E-state index contributed by atoms with van der Waals surface area (Å²) in [6, 6.07) is 1.74. The summed E-state index contributed by atoms with van der Waals surface area (Å²) in [5, 5.41) is 17.4. The highest BCUT2D eigenvalue weighted by Crippen LogP contribution is 2.31. The maximum Gasteiger partial charge on any atom is 0.264 e. The quantitative estimate of drug-likeness (QED) is 0.246. The van der Waals surface area contributed by atoms with E-state index in [-0.39, 0.29) is 40.8 Å². The maximum absolute atomic E-state index is 14.5. The van der Waals surface area contributed by atoms with Crippen LogP contribution in [0.4, 0.5) is 15.9 Å². The monoisotopic (exact) mass is 685 g/mol. The number of amides is 2. The van der Waals surface area contributed by atoms with Gasteiger partial charge in [-0.2, -0.15) is 9.49 Å². The van der Waals surface area contributed by atoms with E-state index in [1.54, 1.807) is 30.2 Å². The van der Waals surface area contributed by atoms with E-state index in [4.69, 9.17) is 22.1 Å². The summed E-state index contributed by atoms with van der Waals surface area (Å²) in [5.41, 5.74) is 5.66. The van der Waals surface area contributed by atoms with Crippen LogP contribution in [0.1, 0.15) is 24.0 Å². The number of carbonyl (C=O) groups is 2. The second-order valence-corrected chi connectivity index (χ2v) is 11.7. The molecule has 0 bridgehead atoms. The zero-order valence-electron chi connectivity index (χ0n) is 26.3. The molecule has 1 aliphatic carbocycles. The number of ether oxygens (including phenoxy) is 1. The Morgan fingerprint density at radius 2 is 2.08 bits per heavy atom. The van der Waals surface area contributed by atoms with E-state index < -0.39 is 40.5 Å².